The number of urea groups is 1. The smallest absolute Gasteiger partial charge is 0.321 e. The van der Waals surface area contributed by atoms with Crippen molar-refractivity contribution >= 4 is 23.7 Å². The van der Waals surface area contributed by atoms with Crippen molar-refractivity contribution in [1.82, 2.24) is 10.6 Å². The number of aliphatic hydroxyl groups is 2. The van der Waals surface area contributed by atoms with Crippen LogP contribution < -0.4 is 10.6 Å². The number of thioether (sulfide) groups is 1. The third kappa shape index (κ3) is 10.1. The zero-order valence-corrected chi connectivity index (χ0v) is 10.9. The molecule has 0 rings (SSSR count). The highest BCUT2D eigenvalue weighted by molar-refractivity contribution is 7.99. The number of rotatable bonds is 7. The minimum Gasteiger partial charge on any atom is -0.394 e. The molecule has 0 aliphatic heterocycles. The summed E-state index contributed by atoms with van der Waals surface area (Å²) in [5, 5.41) is 22.3. The van der Waals surface area contributed by atoms with Crippen LogP contribution in [0.3, 0.4) is 0 Å². The second kappa shape index (κ2) is 9.26. The van der Waals surface area contributed by atoms with E-state index in [9.17, 15) is 9.59 Å². The summed E-state index contributed by atoms with van der Waals surface area (Å²) in [4.78, 5) is 22.4. The van der Waals surface area contributed by atoms with E-state index in [-0.39, 0.29) is 18.1 Å². The zero-order valence-electron chi connectivity index (χ0n) is 10.1. The molecule has 6 nitrogen and oxygen atoms in total. The van der Waals surface area contributed by atoms with E-state index >= 15 is 0 Å². The number of carbonyl (C=O) groups excluding carboxylic acids is 2. The third-order valence-corrected chi connectivity index (χ3v) is 2.76. The maximum absolute atomic E-state index is 11.2. The van der Waals surface area contributed by atoms with Gasteiger partial charge in [-0.25, -0.2) is 4.79 Å². The minimum absolute atomic E-state index is 0.0756. The van der Waals surface area contributed by atoms with Gasteiger partial charge in [0, 0.05) is 12.3 Å². The average Bonchev–Trinajstić information content (AvgIpc) is 2.26. The van der Waals surface area contributed by atoms with E-state index in [0.29, 0.717) is 12.5 Å². The van der Waals surface area contributed by atoms with Crippen molar-refractivity contribution < 1.29 is 19.8 Å². The number of hydrogen-bond acceptors (Lipinski definition) is 5. The molecule has 17 heavy (non-hydrogen) atoms. The Morgan fingerprint density at radius 3 is 2.53 bits per heavy atom. The van der Waals surface area contributed by atoms with Crippen LogP contribution in [-0.4, -0.2) is 52.9 Å². The number of hydrogen-bond donors (Lipinski definition) is 4. The van der Waals surface area contributed by atoms with E-state index in [0.717, 1.165) is 11.8 Å². The van der Waals surface area contributed by atoms with Gasteiger partial charge in [-0.15, -0.1) is 11.8 Å². The zero-order chi connectivity index (χ0) is 13.3. The highest BCUT2D eigenvalue weighted by Gasteiger charge is 2.09. The Hall–Kier alpha value is -0.790. The van der Waals surface area contributed by atoms with Gasteiger partial charge in [-0.3, -0.25) is 10.1 Å². The summed E-state index contributed by atoms with van der Waals surface area (Å²) in [5.74, 6) is 0.246. The van der Waals surface area contributed by atoms with Gasteiger partial charge in [-0.2, -0.15) is 0 Å². The Bertz CT molecular complexity index is 248. The molecule has 0 aromatic heterocycles. The fraction of sp³-hybridized carbons (Fsp3) is 0.800. The average molecular weight is 264 g/mol. The lowest BCUT2D eigenvalue weighted by molar-refractivity contribution is -0.117. The molecule has 0 aliphatic rings. The van der Waals surface area contributed by atoms with Gasteiger partial charge in [0.15, 0.2) is 0 Å². The molecule has 100 valence electrons. The molecule has 0 aromatic carbocycles. The molecule has 0 bridgehead atoms. The van der Waals surface area contributed by atoms with E-state index in [1.54, 1.807) is 0 Å². The van der Waals surface area contributed by atoms with Gasteiger partial charge in [0.2, 0.25) is 5.91 Å². The SMILES string of the molecule is CC(C)CNC(=O)NC(=O)CSCC(O)CO. The number of carbonyl (C=O) groups is 2. The largest absolute Gasteiger partial charge is 0.394 e. The third-order valence-electron chi connectivity index (χ3n) is 1.68. The van der Waals surface area contributed by atoms with E-state index in [4.69, 9.17) is 10.2 Å². The summed E-state index contributed by atoms with van der Waals surface area (Å²) in [7, 11) is 0. The highest BCUT2D eigenvalue weighted by atomic mass is 32.2. The number of imide groups is 1. The first-order valence-electron chi connectivity index (χ1n) is 5.40. The Kier molecular flexibility index (Phi) is 8.83. The van der Waals surface area contributed by atoms with Crippen LogP contribution in [0.5, 0.6) is 0 Å². The van der Waals surface area contributed by atoms with Crippen molar-refractivity contribution in [3.63, 3.8) is 0 Å². The van der Waals surface area contributed by atoms with Gasteiger partial charge < -0.3 is 15.5 Å². The fourth-order valence-electron chi connectivity index (χ4n) is 0.844. The molecule has 4 N–H and O–H groups in total. The normalized spacial score (nSPS) is 12.3. The maximum atomic E-state index is 11.2. The standard InChI is InChI=1S/C10H20N2O4S/c1-7(2)3-11-10(16)12-9(15)6-17-5-8(14)4-13/h7-8,13-14H,3-6H2,1-2H3,(H2,11,12,15,16). The minimum atomic E-state index is -0.831. The Morgan fingerprint density at radius 1 is 1.35 bits per heavy atom. The Balaban J connectivity index is 3.61. The van der Waals surface area contributed by atoms with Crippen LogP contribution in [0.4, 0.5) is 4.79 Å². The lowest BCUT2D eigenvalue weighted by Crippen LogP contribution is -2.41. The number of nitrogens with one attached hydrogen (secondary N) is 2. The van der Waals surface area contributed by atoms with E-state index in [1.165, 1.54) is 0 Å². The van der Waals surface area contributed by atoms with Crippen LogP contribution >= 0.6 is 11.8 Å². The van der Waals surface area contributed by atoms with Gasteiger partial charge in [0.25, 0.3) is 0 Å². The van der Waals surface area contributed by atoms with Crippen LogP contribution in [0, 0.1) is 5.92 Å². The monoisotopic (exact) mass is 264 g/mol. The molecule has 0 aromatic rings. The van der Waals surface area contributed by atoms with Crippen LogP contribution in [0.25, 0.3) is 0 Å². The van der Waals surface area contributed by atoms with Crippen LogP contribution in [-0.2, 0) is 4.79 Å². The van der Waals surface area contributed by atoms with Crippen molar-refractivity contribution in [2.24, 2.45) is 5.92 Å². The molecule has 0 heterocycles. The van der Waals surface area contributed by atoms with Gasteiger partial charge in [-0.05, 0) is 5.92 Å². The maximum Gasteiger partial charge on any atom is 0.321 e. The van der Waals surface area contributed by atoms with Gasteiger partial charge in [0.05, 0.1) is 18.5 Å². The van der Waals surface area contributed by atoms with Gasteiger partial charge in [0.1, 0.15) is 0 Å². The summed E-state index contributed by atoms with van der Waals surface area (Å²) in [5.41, 5.74) is 0. The number of aliphatic hydroxyl groups excluding tert-OH is 2. The lowest BCUT2D eigenvalue weighted by Gasteiger charge is -2.09. The molecule has 1 unspecified atom stereocenters. The molecular formula is C10H20N2O4S. The van der Waals surface area contributed by atoms with Crippen molar-refractivity contribution in [1.29, 1.82) is 0 Å². The first-order chi connectivity index (χ1) is 7.95. The van der Waals surface area contributed by atoms with Crippen molar-refractivity contribution in [3.8, 4) is 0 Å². The Morgan fingerprint density at radius 2 is 2.00 bits per heavy atom. The first-order valence-corrected chi connectivity index (χ1v) is 6.55. The molecule has 0 aliphatic carbocycles. The lowest BCUT2D eigenvalue weighted by atomic mass is 10.2. The van der Waals surface area contributed by atoms with Crippen molar-refractivity contribution in [2.75, 3.05) is 24.7 Å². The first kappa shape index (κ1) is 16.2. The molecule has 0 fully saturated rings. The molecule has 0 radical (unpaired) electrons. The van der Waals surface area contributed by atoms with E-state index in [1.807, 2.05) is 13.8 Å². The quantitative estimate of drug-likeness (QED) is 0.499. The van der Waals surface area contributed by atoms with Crippen molar-refractivity contribution in [2.45, 2.75) is 20.0 Å². The van der Waals surface area contributed by atoms with Crippen LogP contribution in [0.1, 0.15) is 13.8 Å². The second-order valence-electron chi connectivity index (χ2n) is 4.00. The molecule has 0 spiro atoms. The summed E-state index contributed by atoms with van der Waals surface area (Å²) >= 11 is 1.16. The molecule has 0 saturated heterocycles. The van der Waals surface area contributed by atoms with Gasteiger partial charge >= 0.3 is 6.03 Å². The predicted molar refractivity (Wildman–Crippen MR) is 66.8 cm³/mol. The highest BCUT2D eigenvalue weighted by Crippen LogP contribution is 2.01. The van der Waals surface area contributed by atoms with Crippen LogP contribution in [0.15, 0.2) is 0 Å². The summed E-state index contributed by atoms with van der Waals surface area (Å²) in [6.07, 6.45) is -0.831. The summed E-state index contributed by atoms with van der Waals surface area (Å²) < 4.78 is 0. The molecular weight excluding hydrogens is 244 g/mol. The fourth-order valence-corrected chi connectivity index (χ4v) is 1.60. The molecule has 1 atom stereocenters. The van der Waals surface area contributed by atoms with E-state index in [2.05, 4.69) is 10.6 Å². The Labute approximate surface area is 105 Å². The summed E-state index contributed by atoms with van der Waals surface area (Å²) in [6, 6.07) is -0.507. The van der Waals surface area contributed by atoms with Crippen LogP contribution in [0.2, 0.25) is 0 Å². The molecule has 0 saturated carbocycles. The van der Waals surface area contributed by atoms with E-state index < -0.39 is 18.0 Å². The number of amides is 3. The van der Waals surface area contributed by atoms with Gasteiger partial charge in [-0.1, -0.05) is 13.8 Å². The summed E-state index contributed by atoms with van der Waals surface area (Å²) in [6.45, 7) is 4.08. The topological polar surface area (TPSA) is 98.7 Å². The predicted octanol–water partition coefficient (Wildman–Crippen LogP) is -0.445. The van der Waals surface area contributed by atoms with Crippen molar-refractivity contribution in [3.05, 3.63) is 0 Å². The molecule has 7 heteroatoms. The second-order valence-corrected chi connectivity index (χ2v) is 5.03. The molecule has 3 amide bonds.